The zero-order chi connectivity index (χ0) is 15.8. The average Bonchev–Trinajstić information content (AvgIpc) is 2.77. The predicted octanol–water partition coefficient (Wildman–Crippen LogP) is 3.41. The summed E-state index contributed by atoms with van der Waals surface area (Å²) in [4.78, 5) is 10.1. The highest BCUT2D eigenvalue weighted by molar-refractivity contribution is 7.91. The minimum Gasteiger partial charge on any atom is -0.258 e. The SMILES string of the molecule is CC1CCC(NS(=O)(=O)c2cc([N+](=O)[O-])c(Cl)s2)CC1C. The van der Waals surface area contributed by atoms with Gasteiger partial charge in [0.1, 0.15) is 4.21 Å². The van der Waals surface area contributed by atoms with Gasteiger partial charge in [0.2, 0.25) is 0 Å². The number of rotatable bonds is 4. The van der Waals surface area contributed by atoms with Crippen LogP contribution in [0.15, 0.2) is 10.3 Å². The zero-order valence-electron chi connectivity index (χ0n) is 11.7. The number of nitrogens with one attached hydrogen (secondary N) is 1. The van der Waals surface area contributed by atoms with E-state index < -0.39 is 14.9 Å². The van der Waals surface area contributed by atoms with Gasteiger partial charge in [0.15, 0.2) is 4.34 Å². The number of nitro groups is 1. The van der Waals surface area contributed by atoms with E-state index in [1.165, 1.54) is 0 Å². The highest BCUT2D eigenvalue weighted by Gasteiger charge is 2.31. The first-order chi connectivity index (χ1) is 9.70. The maximum absolute atomic E-state index is 12.3. The molecule has 3 atom stereocenters. The van der Waals surface area contributed by atoms with Gasteiger partial charge in [-0.2, -0.15) is 0 Å². The minimum atomic E-state index is -3.76. The van der Waals surface area contributed by atoms with Crippen LogP contribution in [0.4, 0.5) is 5.69 Å². The molecule has 9 heteroatoms. The van der Waals surface area contributed by atoms with Gasteiger partial charge in [0, 0.05) is 12.1 Å². The predicted molar refractivity (Wildman–Crippen MR) is 82.3 cm³/mol. The molecule has 1 aliphatic rings. The summed E-state index contributed by atoms with van der Waals surface area (Å²) < 4.78 is 27.0. The fraction of sp³-hybridized carbons (Fsp3) is 0.667. The van der Waals surface area contributed by atoms with Crippen molar-refractivity contribution >= 4 is 38.6 Å². The van der Waals surface area contributed by atoms with Crippen LogP contribution in [0, 0.1) is 22.0 Å². The van der Waals surface area contributed by atoms with Crippen molar-refractivity contribution in [1.29, 1.82) is 0 Å². The number of thiophene rings is 1. The Labute approximate surface area is 132 Å². The van der Waals surface area contributed by atoms with Crippen LogP contribution in [0.1, 0.15) is 33.1 Å². The minimum absolute atomic E-state index is 0.106. The normalized spacial score (nSPS) is 26.7. The Hall–Kier alpha value is -0.700. The third-order valence-corrected chi connectivity index (χ3v) is 7.36. The maximum Gasteiger partial charge on any atom is 0.300 e. The highest BCUT2D eigenvalue weighted by Crippen LogP contribution is 2.37. The molecule has 1 fully saturated rings. The van der Waals surface area contributed by atoms with Crippen molar-refractivity contribution in [2.45, 2.75) is 43.4 Å². The Kier molecular flexibility index (Phi) is 4.92. The number of sulfonamides is 1. The Bertz CT molecular complexity index is 644. The van der Waals surface area contributed by atoms with E-state index in [9.17, 15) is 18.5 Å². The molecule has 2 rings (SSSR count). The summed E-state index contributed by atoms with van der Waals surface area (Å²) >= 11 is 6.43. The van der Waals surface area contributed by atoms with Gasteiger partial charge in [-0.3, -0.25) is 10.1 Å². The van der Waals surface area contributed by atoms with Crippen molar-refractivity contribution in [3.8, 4) is 0 Å². The van der Waals surface area contributed by atoms with Gasteiger partial charge in [-0.05, 0) is 31.1 Å². The van der Waals surface area contributed by atoms with E-state index in [0.717, 1.165) is 25.3 Å². The Morgan fingerprint density at radius 3 is 2.57 bits per heavy atom. The van der Waals surface area contributed by atoms with Crippen LogP contribution in [0.25, 0.3) is 0 Å². The molecule has 3 unspecified atom stereocenters. The van der Waals surface area contributed by atoms with Crippen LogP contribution in [-0.2, 0) is 10.0 Å². The quantitative estimate of drug-likeness (QED) is 0.664. The second kappa shape index (κ2) is 6.20. The topological polar surface area (TPSA) is 89.3 Å². The Balaban J connectivity index is 2.15. The molecule has 0 aromatic carbocycles. The molecular formula is C12H17ClN2O4S2. The van der Waals surface area contributed by atoms with Crippen molar-refractivity contribution in [2.24, 2.45) is 11.8 Å². The van der Waals surface area contributed by atoms with Crippen molar-refractivity contribution in [3.63, 3.8) is 0 Å². The van der Waals surface area contributed by atoms with Gasteiger partial charge in [0.05, 0.1) is 4.92 Å². The van der Waals surface area contributed by atoms with Crippen LogP contribution in [0.5, 0.6) is 0 Å². The van der Waals surface area contributed by atoms with Crippen molar-refractivity contribution < 1.29 is 13.3 Å². The van der Waals surface area contributed by atoms with Crippen LogP contribution < -0.4 is 4.72 Å². The van der Waals surface area contributed by atoms with Gasteiger partial charge in [0.25, 0.3) is 15.7 Å². The fourth-order valence-corrected chi connectivity index (χ4v) is 5.49. The van der Waals surface area contributed by atoms with Gasteiger partial charge in [-0.25, -0.2) is 13.1 Å². The molecule has 1 aliphatic carbocycles. The molecule has 1 aromatic rings. The van der Waals surface area contributed by atoms with Gasteiger partial charge < -0.3 is 0 Å². The van der Waals surface area contributed by atoms with Crippen LogP contribution in [0.3, 0.4) is 0 Å². The van der Waals surface area contributed by atoms with E-state index >= 15 is 0 Å². The van der Waals surface area contributed by atoms with Gasteiger partial charge in [-0.1, -0.05) is 25.4 Å². The molecule has 1 heterocycles. The number of hydrogen-bond donors (Lipinski definition) is 1. The zero-order valence-corrected chi connectivity index (χ0v) is 14.1. The molecule has 1 saturated carbocycles. The molecule has 1 aromatic heterocycles. The molecule has 0 spiro atoms. The monoisotopic (exact) mass is 352 g/mol. The van der Waals surface area contributed by atoms with Crippen molar-refractivity contribution in [3.05, 3.63) is 20.5 Å². The summed E-state index contributed by atoms with van der Waals surface area (Å²) in [7, 11) is -3.76. The first-order valence-corrected chi connectivity index (χ1v) is 9.34. The van der Waals surface area contributed by atoms with Crippen LogP contribution in [-0.4, -0.2) is 19.4 Å². The standard InChI is InChI=1S/C12H17ClN2O4S2/c1-7-3-4-9(5-8(7)2)14-21(18,19)11-6-10(15(16)17)12(13)20-11/h6-9,14H,3-5H2,1-2H3. The van der Waals surface area contributed by atoms with E-state index in [-0.39, 0.29) is 20.3 Å². The molecule has 6 nitrogen and oxygen atoms in total. The molecular weight excluding hydrogens is 336 g/mol. The maximum atomic E-state index is 12.3. The van der Waals surface area contributed by atoms with E-state index in [0.29, 0.717) is 23.2 Å². The Morgan fingerprint density at radius 1 is 1.38 bits per heavy atom. The molecule has 0 amide bonds. The van der Waals surface area contributed by atoms with Gasteiger partial charge in [-0.15, -0.1) is 11.3 Å². The summed E-state index contributed by atoms with van der Waals surface area (Å²) in [5.74, 6) is 1.04. The molecule has 0 radical (unpaired) electrons. The largest absolute Gasteiger partial charge is 0.300 e. The lowest BCUT2D eigenvalue weighted by molar-refractivity contribution is -0.384. The van der Waals surface area contributed by atoms with Crippen molar-refractivity contribution in [1.82, 2.24) is 4.72 Å². The third kappa shape index (κ3) is 3.74. The summed E-state index contributed by atoms with van der Waals surface area (Å²) in [5, 5.41) is 10.7. The lowest BCUT2D eigenvalue weighted by atomic mass is 9.79. The molecule has 0 aliphatic heterocycles. The number of nitrogens with zero attached hydrogens (tertiary/aromatic N) is 1. The van der Waals surface area contributed by atoms with Crippen molar-refractivity contribution in [2.75, 3.05) is 0 Å². The third-order valence-electron chi connectivity index (χ3n) is 4.03. The second-order valence-electron chi connectivity index (χ2n) is 5.57. The lowest BCUT2D eigenvalue weighted by Crippen LogP contribution is -2.39. The lowest BCUT2D eigenvalue weighted by Gasteiger charge is -2.32. The first kappa shape index (κ1) is 16.7. The van der Waals surface area contributed by atoms with Crippen LogP contribution >= 0.6 is 22.9 Å². The molecule has 0 saturated heterocycles. The van der Waals surface area contributed by atoms with E-state index in [4.69, 9.17) is 11.6 Å². The van der Waals surface area contributed by atoms with E-state index in [2.05, 4.69) is 18.6 Å². The smallest absolute Gasteiger partial charge is 0.258 e. The highest BCUT2D eigenvalue weighted by atomic mass is 35.5. The van der Waals surface area contributed by atoms with E-state index in [1.54, 1.807) is 0 Å². The summed E-state index contributed by atoms with van der Waals surface area (Å²) in [6, 6.07) is 0.894. The van der Waals surface area contributed by atoms with Gasteiger partial charge >= 0.3 is 0 Å². The molecule has 0 bridgehead atoms. The summed E-state index contributed by atoms with van der Waals surface area (Å²) in [5.41, 5.74) is -0.368. The summed E-state index contributed by atoms with van der Waals surface area (Å²) in [6.45, 7) is 4.27. The molecule has 118 valence electrons. The number of halogens is 1. The average molecular weight is 353 g/mol. The first-order valence-electron chi connectivity index (χ1n) is 6.66. The Morgan fingerprint density at radius 2 is 2.05 bits per heavy atom. The molecule has 21 heavy (non-hydrogen) atoms. The molecule has 1 N–H and O–H groups in total. The van der Waals surface area contributed by atoms with Crippen LogP contribution in [0.2, 0.25) is 4.34 Å². The van der Waals surface area contributed by atoms with E-state index in [1.807, 2.05) is 0 Å². The number of hydrogen-bond acceptors (Lipinski definition) is 5. The second-order valence-corrected chi connectivity index (χ2v) is 9.16. The summed E-state index contributed by atoms with van der Waals surface area (Å²) in [6.07, 6.45) is 2.53. The fourth-order valence-electron chi connectivity index (χ4n) is 2.53.